The van der Waals surface area contributed by atoms with Gasteiger partial charge >= 0.3 is 6.18 Å². The van der Waals surface area contributed by atoms with Crippen LogP contribution in [0.25, 0.3) is 0 Å². The van der Waals surface area contributed by atoms with Crippen molar-refractivity contribution in [1.82, 2.24) is 9.55 Å². The van der Waals surface area contributed by atoms with Crippen LogP contribution in [0.2, 0.25) is 0 Å². The van der Waals surface area contributed by atoms with Crippen LogP contribution in [0.4, 0.5) is 24.9 Å². The number of rotatable bonds is 4. The third-order valence-electron chi connectivity index (χ3n) is 5.76. The van der Waals surface area contributed by atoms with E-state index in [1.54, 1.807) is 30.3 Å². The van der Waals surface area contributed by atoms with Gasteiger partial charge in [-0.1, -0.05) is 30.3 Å². The number of aromatic nitrogens is 2. The fourth-order valence-corrected chi connectivity index (χ4v) is 3.88. The van der Waals surface area contributed by atoms with Gasteiger partial charge in [-0.25, -0.2) is 0 Å². The molecule has 162 valence electrons. The van der Waals surface area contributed by atoms with Gasteiger partial charge in [0, 0.05) is 19.2 Å². The molecule has 7 nitrogen and oxygen atoms in total. The number of hydrogen-bond donors (Lipinski definition) is 1. The minimum atomic E-state index is -4.64. The van der Waals surface area contributed by atoms with Crippen molar-refractivity contribution in [2.75, 3.05) is 42.6 Å². The van der Waals surface area contributed by atoms with E-state index in [1.165, 1.54) is 6.07 Å². The van der Waals surface area contributed by atoms with Crippen LogP contribution < -0.4 is 15.4 Å². The number of anilines is 2. The molecule has 30 heavy (non-hydrogen) atoms. The van der Waals surface area contributed by atoms with Gasteiger partial charge in [0.15, 0.2) is 5.54 Å². The molecule has 1 saturated heterocycles. The summed E-state index contributed by atoms with van der Waals surface area (Å²) in [6.07, 6.45) is -5.81. The number of ether oxygens (including phenoxy) is 1. The maximum atomic E-state index is 14.1. The van der Waals surface area contributed by atoms with Crippen LogP contribution in [0.5, 0.6) is 0 Å². The molecule has 0 aliphatic carbocycles. The molecule has 3 heterocycles. The summed E-state index contributed by atoms with van der Waals surface area (Å²) in [5.41, 5.74) is -2.42. The SMILES string of the molecule is C[C@@]1(C(F)(F)F)Cn2c(nc(N3CCOCC3)cc2=O)N1C[C@@H](O)c1ccccc1. The van der Waals surface area contributed by atoms with Crippen LogP contribution >= 0.6 is 0 Å². The molecule has 0 bridgehead atoms. The molecule has 2 aliphatic heterocycles. The Labute approximate surface area is 171 Å². The number of nitrogens with zero attached hydrogens (tertiary/aromatic N) is 4. The predicted molar refractivity (Wildman–Crippen MR) is 105 cm³/mol. The minimum absolute atomic E-state index is 0.0844. The lowest BCUT2D eigenvalue weighted by molar-refractivity contribution is -0.183. The highest BCUT2D eigenvalue weighted by molar-refractivity contribution is 5.50. The van der Waals surface area contributed by atoms with Crippen LogP contribution in [0, 0.1) is 0 Å². The van der Waals surface area contributed by atoms with E-state index in [9.17, 15) is 23.1 Å². The summed E-state index contributed by atoms with van der Waals surface area (Å²) >= 11 is 0. The Bertz CT molecular complexity index is 960. The topological polar surface area (TPSA) is 70.8 Å². The van der Waals surface area contributed by atoms with Crippen molar-refractivity contribution >= 4 is 11.8 Å². The number of alkyl halides is 3. The summed E-state index contributed by atoms with van der Waals surface area (Å²) in [5, 5.41) is 10.6. The Morgan fingerprint density at radius 2 is 1.90 bits per heavy atom. The van der Waals surface area contributed by atoms with Crippen LogP contribution in [-0.4, -0.2) is 59.2 Å². The molecule has 2 aromatic rings. The highest BCUT2D eigenvalue weighted by Crippen LogP contribution is 2.44. The number of morpholine rings is 1. The van der Waals surface area contributed by atoms with Gasteiger partial charge in [0.1, 0.15) is 5.82 Å². The zero-order chi connectivity index (χ0) is 21.5. The van der Waals surface area contributed by atoms with Crippen LogP contribution in [0.3, 0.4) is 0 Å². The Morgan fingerprint density at radius 3 is 2.53 bits per heavy atom. The lowest BCUT2D eigenvalue weighted by Crippen LogP contribution is -2.56. The van der Waals surface area contributed by atoms with Crippen molar-refractivity contribution in [3.8, 4) is 0 Å². The predicted octanol–water partition coefficient (Wildman–Crippen LogP) is 1.95. The van der Waals surface area contributed by atoms with Crippen molar-refractivity contribution in [2.45, 2.75) is 31.3 Å². The summed E-state index contributed by atoms with van der Waals surface area (Å²) in [7, 11) is 0. The van der Waals surface area contributed by atoms with Gasteiger partial charge in [0.2, 0.25) is 5.95 Å². The van der Waals surface area contributed by atoms with Crippen molar-refractivity contribution in [2.24, 2.45) is 0 Å². The van der Waals surface area contributed by atoms with Crippen molar-refractivity contribution in [3.05, 3.63) is 52.3 Å². The first-order valence-corrected chi connectivity index (χ1v) is 9.73. The fourth-order valence-electron chi connectivity index (χ4n) is 3.88. The van der Waals surface area contributed by atoms with Gasteiger partial charge < -0.3 is 19.6 Å². The third-order valence-corrected chi connectivity index (χ3v) is 5.76. The summed E-state index contributed by atoms with van der Waals surface area (Å²) in [6.45, 7) is 2.01. The number of hydrogen-bond acceptors (Lipinski definition) is 6. The average molecular weight is 424 g/mol. The fraction of sp³-hybridized carbons (Fsp3) is 0.500. The Kier molecular flexibility index (Phi) is 5.23. The van der Waals surface area contributed by atoms with Crippen LogP contribution in [0.15, 0.2) is 41.2 Å². The maximum absolute atomic E-state index is 14.1. The summed E-state index contributed by atoms with van der Waals surface area (Å²) in [6, 6.07) is 9.74. The first-order valence-electron chi connectivity index (χ1n) is 9.73. The van der Waals surface area contributed by atoms with Crippen molar-refractivity contribution in [1.29, 1.82) is 0 Å². The number of β-amino-alcohol motifs (C(OH)–C–C–N with tert-alkyl or cyclic N) is 1. The monoisotopic (exact) mass is 424 g/mol. The number of fused-ring (bicyclic) bond motifs is 1. The normalized spacial score (nSPS) is 22.8. The van der Waals surface area contributed by atoms with Crippen LogP contribution in [0.1, 0.15) is 18.6 Å². The lowest BCUT2D eigenvalue weighted by Gasteiger charge is -2.38. The van der Waals surface area contributed by atoms with Crippen molar-refractivity contribution < 1.29 is 23.0 Å². The molecule has 10 heteroatoms. The molecule has 0 unspecified atom stereocenters. The second kappa shape index (κ2) is 7.59. The molecule has 2 aliphatic rings. The maximum Gasteiger partial charge on any atom is 0.413 e. The molecule has 0 saturated carbocycles. The molecule has 1 aromatic heterocycles. The Morgan fingerprint density at radius 1 is 1.23 bits per heavy atom. The molecule has 0 spiro atoms. The summed E-state index contributed by atoms with van der Waals surface area (Å²) in [4.78, 5) is 20.0. The Hall–Kier alpha value is -2.59. The van der Waals surface area contributed by atoms with Crippen LogP contribution in [-0.2, 0) is 11.3 Å². The van der Waals surface area contributed by atoms with Gasteiger partial charge in [-0.05, 0) is 12.5 Å². The molecule has 1 fully saturated rings. The highest BCUT2D eigenvalue weighted by Gasteiger charge is 2.60. The van der Waals surface area contributed by atoms with E-state index in [4.69, 9.17) is 4.74 Å². The molecule has 2 atom stereocenters. The first kappa shape index (κ1) is 20.7. The van der Waals surface area contributed by atoms with E-state index in [0.717, 1.165) is 16.4 Å². The molecule has 1 aromatic carbocycles. The zero-order valence-electron chi connectivity index (χ0n) is 16.5. The third kappa shape index (κ3) is 3.54. The molecule has 0 amide bonds. The van der Waals surface area contributed by atoms with Gasteiger partial charge in [0.25, 0.3) is 5.56 Å². The lowest BCUT2D eigenvalue weighted by atomic mass is 9.99. The van der Waals surface area contributed by atoms with E-state index in [1.807, 2.05) is 4.90 Å². The summed E-state index contributed by atoms with van der Waals surface area (Å²) < 4.78 is 48.7. The van der Waals surface area contributed by atoms with Gasteiger partial charge in [-0.2, -0.15) is 18.2 Å². The zero-order valence-corrected chi connectivity index (χ0v) is 16.5. The second-order valence-corrected chi connectivity index (χ2v) is 7.75. The number of aliphatic hydroxyl groups is 1. The molecular formula is C20H23F3N4O3. The largest absolute Gasteiger partial charge is 0.413 e. The second-order valence-electron chi connectivity index (χ2n) is 7.75. The first-order chi connectivity index (χ1) is 14.2. The number of aliphatic hydroxyl groups excluding tert-OH is 1. The Balaban J connectivity index is 1.75. The smallest absolute Gasteiger partial charge is 0.387 e. The van der Waals surface area contributed by atoms with E-state index < -0.39 is 29.9 Å². The quantitative estimate of drug-likeness (QED) is 0.809. The van der Waals surface area contributed by atoms with Gasteiger partial charge in [-0.3, -0.25) is 9.36 Å². The van der Waals surface area contributed by atoms with Gasteiger partial charge in [-0.15, -0.1) is 0 Å². The van der Waals surface area contributed by atoms with E-state index in [-0.39, 0.29) is 12.5 Å². The van der Waals surface area contributed by atoms with E-state index in [2.05, 4.69) is 4.98 Å². The minimum Gasteiger partial charge on any atom is -0.387 e. The van der Waals surface area contributed by atoms with E-state index in [0.29, 0.717) is 37.7 Å². The number of benzene rings is 1. The standard InChI is InChI=1S/C20H23F3N4O3/c1-19(20(21,22)23)13-26-17(29)11-16(25-7-9-30-10-8-25)24-18(26)27(19)12-15(28)14-5-3-2-4-6-14/h2-6,11,15,28H,7-10,12-13H2,1H3/t15-,19+/m1/s1. The molecule has 1 N–H and O–H groups in total. The van der Waals surface area contributed by atoms with Crippen molar-refractivity contribution in [3.63, 3.8) is 0 Å². The van der Waals surface area contributed by atoms with E-state index >= 15 is 0 Å². The summed E-state index contributed by atoms with van der Waals surface area (Å²) in [5.74, 6) is 0.235. The molecule has 4 rings (SSSR count). The molecular weight excluding hydrogens is 401 g/mol. The average Bonchev–Trinajstić information content (AvgIpc) is 3.03. The number of halogens is 3. The highest BCUT2D eigenvalue weighted by atomic mass is 19.4. The van der Waals surface area contributed by atoms with Gasteiger partial charge in [0.05, 0.1) is 32.4 Å². The molecule has 0 radical (unpaired) electrons.